The van der Waals surface area contributed by atoms with E-state index in [2.05, 4.69) is 47.0 Å². The average molecular weight is 385 g/mol. The van der Waals surface area contributed by atoms with Gasteiger partial charge in [-0.15, -0.1) is 12.4 Å². The molecule has 1 saturated heterocycles. The van der Waals surface area contributed by atoms with E-state index < -0.39 is 0 Å². The van der Waals surface area contributed by atoms with Crippen molar-refractivity contribution in [3.8, 4) is 0 Å². The molecule has 0 aromatic heterocycles. The SMILES string of the molecule is Cl.O=C(Nc1ccc(C2CCCCC2)cc1)[C@@H]1CNC[C@H]1c1ccccc1. The molecule has 3 nitrogen and oxygen atoms in total. The van der Waals surface area contributed by atoms with E-state index in [0.717, 1.165) is 18.8 Å². The molecule has 1 heterocycles. The maximum atomic E-state index is 12.8. The minimum absolute atomic E-state index is 0. The van der Waals surface area contributed by atoms with Crippen molar-refractivity contribution >= 4 is 24.0 Å². The van der Waals surface area contributed by atoms with E-state index in [1.54, 1.807) is 0 Å². The van der Waals surface area contributed by atoms with Gasteiger partial charge in [0.15, 0.2) is 0 Å². The molecule has 2 atom stereocenters. The molecule has 2 N–H and O–H groups in total. The molecule has 1 amide bonds. The fourth-order valence-corrected chi connectivity index (χ4v) is 4.51. The van der Waals surface area contributed by atoms with Gasteiger partial charge in [0.1, 0.15) is 0 Å². The topological polar surface area (TPSA) is 41.1 Å². The second-order valence-corrected chi connectivity index (χ2v) is 7.73. The quantitative estimate of drug-likeness (QED) is 0.770. The summed E-state index contributed by atoms with van der Waals surface area (Å²) in [6.45, 7) is 1.61. The van der Waals surface area contributed by atoms with E-state index in [1.165, 1.54) is 43.2 Å². The summed E-state index contributed by atoms with van der Waals surface area (Å²) in [6.07, 6.45) is 6.68. The van der Waals surface area contributed by atoms with Crippen molar-refractivity contribution in [3.05, 3.63) is 65.7 Å². The summed E-state index contributed by atoms with van der Waals surface area (Å²) >= 11 is 0. The van der Waals surface area contributed by atoms with Gasteiger partial charge in [-0.3, -0.25) is 4.79 Å². The van der Waals surface area contributed by atoms with Crippen LogP contribution in [0, 0.1) is 5.92 Å². The van der Waals surface area contributed by atoms with Crippen LogP contribution < -0.4 is 10.6 Å². The van der Waals surface area contributed by atoms with Crippen molar-refractivity contribution in [2.24, 2.45) is 5.92 Å². The Bertz CT molecular complexity index is 726. The van der Waals surface area contributed by atoms with Crippen LogP contribution in [-0.4, -0.2) is 19.0 Å². The zero-order chi connectivity index (χ0) is 17.8. The number of carbonyl (C=O) groups excluding carboxylic acids is 1. The molecule has 0 bridgehead atoms. The number of carbonyl (C=O) groups is 1. The highest BCUT2D eigenvalue weighted by molar-refractivity contribution is 5.93. The second kappa shape index (κ2) is 9.38. The molecule has 0 spiro atoms. The van der Waals surface area contributed by atoms with Crippen LogP contribution in [0.3, 0.4) is 0 Å². The average Bonchev–Trinajstić information content (AvgIpc) is 3.20. The zero-order valence-corrected chi connectivity index (χ0v) is 16.5. The summed E-state index contributed by atoms with van der Waals surface area (Å²) in [5, 5.41) is 6.51. The van der Waals surface area contributed by atoms with Crippen LogP contribution in [0.15, 0.2) is 54.6 Å². The van der Waals surface area contributed by atoms with Crippen molar-refractivity contribution in [2.45, 2.75) is 43.9 Å². The molecular formula is C23H29ClN2O. The van der Waals surface area contributed by atoms with Gasteiger partial charge in [0, 0.05) is 24.7 Å². The Morgan fingerprint density at radius 3 is 2.26 bits per heavy atom. The molecule has 1 aliphatic heterocycles. The molecule has 1 saturated carbocycles. The van der Waals surface area contributed by atoms with Crippen LogP contribution in [0.2, 0.25) is 0 Å². The Kier molecular flexibility index (Phi) is 6.92. The van der Waals surface area contributed by atoms with Crippen molar-refractivity contribution in [2.75, 3.05) is 18.4 Å². The normalized spacial score (nSPS) is 22.8. The van der Waals surface area contributed by atoms with E-state index in [9.17, 15) is 4.79 Å². The predicted molar refractivity (Wildman–Crippen MR) is 114 cm³/mol. The summed E-state index contributed by atoms with van der Waals surface area (Å²) < 4.78 is 0. The largest absolute Gasteiger partial charge is 0.326 e. The molecule has 144 valence electrons. The van der Waals surface area contributed by atoms with Gasteiger partial charge in [-0.1, -0.05) is 61.7 Å². The molecule has 2 aromatic rings. The Hall–Kier alpha value is -1.84. The lowest BCUT2D eigenvalue weighted by Crippen LogP contribution is -2.28. The Morgan fingerprint density at radius 1 is 0.852 bits per heavy atom. The number of halogens is 1. The van der Waals surface area contributed by atoms with Gasteiger partial charge in [-0.25, -0.2) is 0 Å². The summed E-state index contributed by atoms with van der Waals surface area (Å²) in [6, 6.07) is 18.9. The minimum atomic E-state index is -0.0181. The third-order valence-corrected chi connectivity index (χ3v) is 6.03. The van der Waals surface area contributed by atoms with Crippen LogP contribution in [0.5, 0.6) is 0 Å². The lowest BCUT2D eigenvalue weighted by molar-refractivity contribution is -0.119. The summed E-state index contributed by atoms with van der Waals surface area (Å²) in [7, 11) is 0. The molecule has 27 heavy (non-hydrogen) atoms. The number of rotatable bonds is 4. The number of nitrogens with one attached hydrogen (secondary N) is 2. The summed E-state index contributed by atoms with van der Waals surface area (Å²) in [5.41, 5.74) is 3.57. The third kappa shape index (κ3) is 4.72. The Labute approximate surface area is 168 Å². The third-order valence-electron chi connectivity index (χ3n) is 6.03. The van der Waals surface area contributed by atoms with Gasteiger partial charge in [0.2, 0.25) is 5.91 Å². The number of amides is 1. The fraction of sp³-hybridized carbons (Fsp3) is 0.435. The van der Waals surface area contributed by atoms with Gasteiger partial charge >= 0.3 is 0 Å². The van der Waals surface area contributed by atoms with E-state index in [-0.39, 0.29) is 30.2 Å². The number of hydrogen-bond acceptors (Lipinski definition) is 2. The lowest BCUT2D eigenvalue weighted by atomic mass is 9.84. The minimum Gasteiger partial charge on any atom is -0.326 e. The summed E-state index contributed by atoms with van der Waals surface area (Å²) in [4.78, 5) is 12.8. The molecule has 2 aliphatic rings. The Balaban J connectivity index is 0.00000210. The first kappa shape index (κ1) is 19.9. The van der Waals surface area contributed by atoms with E-state index in [0.29, 0.717) is 5.92 Å². The van der Waals surface area contributed by atoms with Crippen molar-refractivity contribution in [1.82, 2.24) is 5.32 Å². The number of hydrogen-bond donors (Lipinski definition) is 2. The maximum absolute atomic E-state index is 12.8. The maximum Gasteiger partial charge on any atom is 0.229 e. The lowest BCUT2D eigenvalue weighted by Gasteiger charge is -2.22. The Morgan fingerprint density at radius 2 is 1.56 bits per heavy atom. The molecule has 2 fully saturated rings. The fourth-order valence-electron chi connectivity index (χ4n) is 4.51. The van der Waals surface area contributed by atoms with Gasteiger partial charge < -0.3 is 10.6 Å². The van der Waals surface area contributed by atoms with E-state index >= 15 is 0 Å². The monoisotopic (exact) mass is 384 g/mol. The standard InChI is InChI=1S/C23H28N2O.ClH/c26-23(22-16-24-15-21(22)19-9-5-2-6-10-19)25-20-13-11-18(12-14-20)17-7-3-1-4-8-17;/h2,5-6,9-14,17,21-22,24H,1,3-4,7-8,15-16H2,(H,25,26);1H/t21-,22+;/m0./s1. The second-order valence-electron chi connectivity index (χ2n) is 7.73. The predicted octanol–water partition coefficient (Wildman–Crippen LogP) is 5.10. The molecular weight excluding hydrogens is 356 g/mol. The molecule has 0 unspecified atom stereocenters. The highest BCUT2D eigenvalue weighted by Crippen LogP contribution is 2.33. The van der Waals surface area contributed by atoms with Crippen molar-refractivity contribution < 1.29 is 4.79 Å². The van der Waals surface area contributed by atoms with Gasteiger partial charge in [0.25, 0.3) is 0 Å². The molecule has 0 radical (unpaired) electrons. The van der Waals surface area contributed by atoms with Crippen LogP contribution >= 0.6 is 12.4 Å². The van der Waals surface area contributed by atoms with Crippen molar-refractivity contribution in [1.29, 1.82) is 0 Å². The zero-order valence-electron chi connectivity index (χ0n) is 15.7. The van der Waals surface area contributed by atoms with Crippen molar-refractivity contribution in [3.63, 3.8) is 0 Å². The number of benzene rings is 2. The molecule has 4 rings (SSSR count). The summed E-state index contributed by atoms with van der Waals surface area (Å²) in [5.74, 6) is 1.05. The highest BCUT2D eigenvalue weighted by Gasteiger charge is 2.33. The van der Waals surface area contributed by atoms with Gasteiger partial charge in [-0.2, -0.15) is 0 Å². The molecule has 2 aromatic carbocycles. The van der Waals surface area contributed by atoms with Gasteiger partial charge in [0.05, 0.1) is 5.92 Å². The first-order valence-electron chi connectivity index (χ1n) is 9.98. The smallest absolute Gasteiger partial charge is 0.229 e. The van der Waals surface area contributed by atoms with E-state index in [1.807, 2.05) is 18.2 Å². The van der Waals surface area contributed by atoms with E-state index in [4.69, 9.17) is 0 Å². The van der Waals surface area contributed by atoms with Crippen LogP contribution in [0.4, 0.5) is 5.69 Å². The first-order valence-corrected chi connectivity index (χ1v) is 9.98. The highest BCUT2D eigenvalue weighted by atomic mass is 35.5. The van der Waals surface area contributed by atoms with Gasteiger partial charge in [-0.05, 0) is 42.0 Å². The first-order chi connectivity index (χ1) is 12.8. The van der Waals surface area contributed by atoms with Crippen LogP contribution in [0.25, 0.3) is 0 Å². The molecule has 1 aliphatic carbocycles. The van der Waals surface area contributed by atoms with Crippen LogP contribution in [0.1, 0.15) is 55.1 Å². The van der Waals surface area contributed by atoms with Crippen LogP contribution in [-0.2, 0) is 4.79 Å². The molecule has 4 heteroatoms. The number of anilines is 1.